The number of amides is 1. The molecule has 29 heavy (non-hydrogen) atoms. The van der Waals surface area contributed by atoms with E-state index in [4.69, 9.17) is 4.74 Å². The fraction of sp³-hybridized carbons (Fsp3) is 0.455. The highest BCUT2D eigenvalue weighted by molar-refractivity contribution is 5.94. The number of benzene rings is 1. The number of rotatable bonds is 6. The van der Waals surface area contributed by atoms with Crippen LogP contribution in [0.5, 0.6) is 0 Å². The number of nitrogens with zero attached hydrogens (tertiary/aromatic N) is 3. The molecule has 0 aliphatic heterocycles. The zero-order valence-electron chi connectivity index (χ0n) is 17.2. The Bertz CT molecular complexity index is 1020. The summed E-state index contributed by atoms with van der Waals surface area (Å²) in [6, 6.07) is 4.89. The summed E-state index contributed by atoms with van der Waals surface area (Å²) in [6.07, 6.45) is 6.16. The van der Waals surface area contributed by atoms with Crippen molar-refractivity contribution < 1.29 is 14.3 Å². The minimum absolute atomic E-state index is 0.141. The van der Waals surface area contributed by atoms with Gasteiger partial charge in [0.25, 0.3) is 11.5 Å². The number of carbonyl (C=O) groups excluding carboxylic acids is 2. The average Bonchev–Trinajstić information content (AvgIpc) is 2.74. The molecule has 2 aromatic rings. The van der Waals surface area contributed by atoms with E-state index in [0.29, 0.717) is 35.4 Å². The van der Waals surface area contributed by atoms with Crippen molar-refractivity contribution in [3.05, 3.63) is 51.6 Å². The number of aryl methyl sites for hydroxylation is 2. The van der Waals surface area contributed by atoms with Crippen molar-refractivity contribution in [2.24, 2.45) is 0 Å². The van der Waals surface area contributed by atoms with Crippen LogP contribution in [0, 0.1) is 6.92 Å². The minimum Gasteiger partial charge on any atom is -0.452 e. The summed E-state index contributed by atoms with van der Waals surface area (Å²) in [5.41, 5.74) is 2.77. The van der Waals surface area contributed by atoms with Crippen molar-refractivity contribution in [1.82, 2.24) is 14.5 Å². The standard InChI is InChI=1S/C22H27N3O4/c1-4-24(17-9-7-6-8-10-17)20(26)14-29-22(28)16-11-12-19-18(13-16)23-15(3)21(27)25(19)5-2/h9,11-13H,4-8,10,14H2,1-3H3. The third-order valence-electron chi connectivity index (χ3n) is 5.22. The Morgan fingerprint density at radius 2 is 2.03 bits per heavy atom. The van der Waals surface area contributed by atoms with Crippen LogP contribution in [-0.4, -0.2) is 39.5 Å². The predicted octanol–water partition coefficient (Wildman–Crippen LogP) is 3.19. The Morgan fingerprint density at radius 3 is 2.69 bits per heavy atom. The molecule has 0 radical (unpaired) electrons. The maximum Gasteiger partial charge on any atom is 0.338 e. The molecule has 0 fully saturated rings. The maximum atomic E-state index is 12.5. The first kappa shape index (κ1) is 20.8. The van der Waals surface area contributed by atoms with Gasteiger partial charge < -0.3 is 14.2 Å². The molecule has 3 rings (SSSR count). The van der Waals surface area contributed by atoms with E-state index >= 15 is 0 Å². The third-order valence-corrected chi connectivity index (χ3v) is 5.22. The lowest BCUT2D eigenvalue weighted by Crippen LogP contribution is -2.34. The lowest BCUT2D eigenvalue weighted by atomic mass is 10.0. The molecule has 154 valence electrons. The molecule has 0 atom stereocenters. The molecule has 0 saturated carbocycles. The van der Waals surface area contributed by atoms with Gasteiger partial charge in [0.15, 0.2) is 6.61 Å². The van der Waals surface area contributed by atoms with Crippen LogP contribution in [0.1, 0.15) is 55.6 Å². The van der Waals surface area contributed by atoms with Gasteiger partial charge in [-0.15, -0.1) is 0 Å². The van der Waals surface area contributed by atoms with Gasteiger partial charge in [-0.2, -0.15) is 0 Å². The van der Waals surface area contributed by atoms with Crippen LogP contribution in [-0.2, 0) is 16.1 Å². The molecule has 1 amide bonds. The molecule has 7 nitrogen and oxygen atoms in total. The topological polar surface area (TPSA) is 81.5 Å². The summed E-state index contributed by atoms with van der Waals surface area (Å²) >= 11 is 0. The molecule has 1 aliphatic carbocycles. The van der Waals surface area contributed by atoms with Crippen LogP contribution in [0.15, 0.2) is 34.8 Å². The van der Waals surface area contributed by atoms with Crippen LogP contribution in [0.3, 0.4) is 0 Å². The molecule has 1 aromatic heterocycles. The van der Waals surface area contributed by atoms with Crippen molar-refractivity contribution in [3.8, 4) is 0 Å². The van der Waals surface area contributed by atoms with Crippen LogP contribution >= 0.6 is 0 Å². The Hall–Kier alpha value is -2.96. The molecule has 1 heterocycles. The average molecular weight is 397 g/mol. The van der Waals surface area contributed by atoms with Gasteiger partial charge in [0.2, 0.25) is 0 Å². The van der Waals surface area contributed by atoms with Crippen molar-refractivity contribution >= 4 is 22.9 Å². The maximum absolute atomic E-state index is 12.5. The molecule has 0 saturated heterocycles. The Balaban J connectivity index is 1.74. The second kappa shape index (κ2) is 9.03. The first-order chi connectivity index (χ1) is 14.0. The SMILES string of the molecule is CCN(C(=O)COC(=O)c1ccc2c(c1)nc(C)c(=O)n2CC)C1=CCCCC1. The third kappa shape index (κ3) is 4.39. The number of allylic oxidation sites excluding steroid dienone is 2. The molecular formula is C22H27N3O4. The summed E-state index contributed by atoms with van der Waals surface area (Å²) in [5, 5.41) is 0. The molecule has 1 aromatic carbocycles. The molecule has 1 aliphatic rings. The zero-order chi connectivity index (χ0) is 21.0. The molecule has 7 heteroatoms. The highest BCUT2D eigenvalue weighted by Crippen LogP contribution is 2.21. The van der Waals surface area contributed by atoms with Crippen molar-refractivity contribution in [1.29, 1.82) is 0 Å². The van der Waals surface area contributed by atoms with Crippen molar-refractivity contribution in [2.45, 2.75) is 53.0 Å². The molecular weight excluding hydrogens is 370 g/mol. The number of aromatic nitrogens is 2. The number of likely N-dealkylation sites (N-methyl/N-ethyl adjacent to an activating group) is 1. The highest BCUT2D eigenvalue weighted by Gasteiger charge is 2.20. The molecule has 0 bridgehead atoms. The summed E-state index contributed by atoms with van der Waals surface area (Å²) in [6.45, 7) is 6.21. The lowest BCUT2D eigenvalue weighted by Gasteiger charge is -2.26. The normalized spacial score (nSPS) is 13.8. The van der Waals surface area contributed by atoms with E-state index in [0.717, 1.165) is 31.4 Å². The van der Waals surface area contributed by atoms with E-state index in [1.165, 1.54) is 0 Å². The van der Waals surface area contributed by atoms with Gasteiger partial charge in [0, 0.05) is 18.8 Å². The van der Waals surface area contributed by atoms with Crippen LogP contribution in [0.4, 0.5) is 0 Å². The number of ether oxygens (including phenoxy) is 1. The quantitative estimate of drug-likeness (QED) is 0.699. The minimum atomic E-state index is -0.581. The van der Waals surface area contributed by atoms with E-state index in [-0.39, 0.29) is 18.1 Å². The second-order valence-corrected chi connectivity index (χ2v) is 7.11. The number of fused-ring (bicyclic) bond motifs is 1. The summed E-state index contributed by atoms with van der Waals surface area (Å²) in [7, 11) is 0. The molecule has 0 unspecified atom stereocenters. The largest absolute Gasteiger partial charge is 0.452 e. The lowest BCUT2D eigenvalue weighted by molar-refractivity contribution is -0.132. The number of carbonyl (C=O) groups is 2. The second-order valence-electron chi connectivity index (χ2n) is 7.11. The number of hydrogen-bond acceptors (Lipinski definition) is 5. The van der Waals surface area contributed by atoms with E-state index in [1.807, 2.05) is 13.8 Å². The zero-order valence-corrected chi connectivity index (χ0v) is 17.2. The monoisotopic (exact) mass is 397 g/mol. The van der Waals surface area contributed by atoms with Gasteiger partial charge in [0.1, 0.15) is 5.69 Å². The number of esters is 1. The van der Waals surface area contributed by atoms with E-state index < -0.39 is 5.97 Å². The fourth-order valence-corrected chi connectivity index (χ4v) is 3.71. The van der Waals surface area contributed by atoms with E-state index in [1.54, 1.807) is 34.6 Å². The van der Waals surface area contributed by atoms with Crippen LogP contribution in [0.2, 0.25) is 0 Å². The first-order valence-corrected chi connectivity index (χ1v) is 10.1. The van der Waals surface area contributed by atoms with Gasteiger partial charge in [0.05, 0.1) is 16.6 Å². The van der Waals surface area contributed by atoms with Crippen molar-refractivity contribution in [2.75, 3.05) is 13.2 Å². The fourth-order valence-electron chi connectivity index (χ4n) is 3.71. The van der Waals surface area contributed by atoms with Crippen LogP contribution < -0.4 is 5.56 Å². The first-order valence-electron chi connectivity index (χ1n) is 10.1. The molecule has 0 N–H and O–H groups in total. The smallest absolute Gasteiger partial charge is 0.338 e. The van der Waals surface area contributed by atoms with Crippen LogP contribution in [0.25, 0.3) is 11.0 Å². The Labute approximate surface area is 170 Å². The summed E-state index contributed by atoms with van der Waals surface area (Å²) < 4.78 is 6.89. The summed E-state index contributed by atoms with van der Waals surface area (Å²) in [5.74, 6) is -0.800. The van der Waals surface area contributed by atoms with E-state index in [2.05, 4.69) is 11.1 Å². The Morgan fingerprint density at radius 1 is 1.24 bits per heavy atom. The van der Waals surface area contributed by atoms with E-state index in [9.17, 15) is 14.4 Å². The van der Waals surface area contributed by atoms with Gasteiger partial charge in [-0.3, -0.25) is 9.59 Å². The highest BCUT2D eigenvalue weighted by atomic mass is 16.5. The van der Waals surface area contributed by atoms with Gasteiger partial charge >= 0.3 is 5.97 Å². The van der Waals surface area contributed by atoms with Crippen molar-refractivity contribution in [3.63, 3.8) is 0 Å². The van der Waals surface area contributed by atoms with Gasteiger partial charge in [-0.1, -0.05) is 6.08 Å². The Kier molecular flexibility index (Phi) is 6.46. The van der Waals surface area contributed by atoms with Gasteiger partial charge in [-0.25, -0.2) is 9.78 Å². The summed E-state index contributed by atoms with van der Waals surface area (Å²) in [4.78, 5) is 43.2. The number of hydrogen-bond donors (Lipinski definition) is 0. The van der Waals surface area contributed by atoms with Gasteiger partial charge in [-0.05, 0) is 64.7 Å². The predicted molar refractivity (Wildman–Crippen MR) is 111 cm³/mol. The molecule has 0 spiro atoms.